The molecule has 0 radical (unpaired) electrons. The molecule has 8 N–H and O–H groups in total. The SMILES string of the molecule is Cl.F[C@H]1CCNC1.Nc1ccc(/C=C/C(=O)NCc2cc3cc(-c4ccc(C(=O)N5CC[C@H](F)C5)cc4)cc(C(F)(F)F)c3o2)cn1.Nc1ccc(/C=C/C(=O)NCc2cc3cc(-c4ccc(C(=O)O)cc4)cc(C(F)(F)F)c3o2)cn1. The summed E-state index contributed by atoms with van der Waals surface area (Å²) in [6.07, 6.45) is -1.45. The first-order valence-electron chi connectivity index (χ1n) is 24.9. The zero-order valence-electron chi connectivity index (χ0n) is 43.0. The molecule has 2 atom stereocenters. The van der Waals surface area contributed by atoms with Crippen LogP contribution in [0, 0.1) is 0 Å². The topological polar surface area (TPSA) is 232 Å². The maximum absolute atomic E-state index is 14.0. The number of nitrogens with zero attached hydrogens (tertiary/aromatic N) is 3. The summed E-state index contributed by atoms with van der Waals surface area (Å²) < 4.78 is 119. The van der Waals surface area contributed by atoms with E-state index >= 15 is 0 Å². The van der Waals surface area contributed by atoms with Gasteiger partial charge in [0.25, 0.3) is 5.91 Å². The number of rotatable bonds is 12. The minimum atomic E-state index is -4.70. The highest BCUT2D eigenvalue weighted by Crippen LogP contribution is 2.41. The number of furan rings is 2. The molecule has 2 aliphatic heterocycles. The lowest BCUT2D eigenvalue weighted by molar-refractivity contribution is -0.137. The molecule has 82 heavy (non-hydrogen) atoms. The van der Waals surface area contributed by atoms with Crippen LogP contribution in [0.2, 0.25) is 0 Å². The van der Waals surface area contributed by atoms with Crippen molar-refractivity contribution in [2.24, 2.45) is 0 Å². The van der Waals surface area contributed by atoms with Gasteiger partial charge >= 0.3 is 18.3 Å². The largest absolute Gasteiger partial charge is 0.478 e. The smallest absolute Gasteiger partial charge is 0.420 e. The molecule has 0 spiro atoms. The molecule has 0 saturated carbocycles. The van der Waals surface area contributed by atoms with Crippen LogP contribution in [0.1, 0.15) is 67.3 Å². The summed E-state index contributed by atoms with van der Waals surface area (Å²) in [4.78, 5) is 57.2. The number of aromatic nitrogens is 2. The van der Waals surface area contributed by atoms with E-state index < -0.39 is 53.6 Å². The maximum atomic E-state index is 14.0. The highest BCUT2D eigenvalue weighted by molar-refractivity contribution is 5.96. The van der Waals surface area contributed by atoms with Crippen LogP contribution in [0.25, 0.3) is 56.3 Å². The molecule has 6 heterocycles. The van der Waals surface area contributed by atoms with E-state index in [0.29, 0.717) is 65.4 Å². The second kappa shape index (κ2) is 26.5. The number of aromatic carboxylic acids is 1. The molecule has 2 fully saturated rings. The fourth-order valence-corrected chi connectivity index (χ4v) is 8.50. The van der Waals surface area contributed by atoms with Gasteiger partial charge in [-0.25, -0.2) is 23.5 Å². The number of nitrogen functional groups attached to an aromatic ring is 2. The molecular weight excluding hydrogens is 1110 g/mol. The van der Waals surface area contributed by atoms with Crippen LogP contribution in [0.5, 0.6) is 0 Å². The predicted molar refractivity (Wildman–Crippen MR) is 294 cm³/mol. The van der Waals surface area contributed by atoms with E-state index in [4.69, 9.17) is 25.4 Å². The monoisotopic (exact) mass is 1160 g/mol. The van der Waals surface area contributed by atoms with Gasteiger partial charge in [-0.1, -0.05) is 24.3 Å². The van der Waals surface area contributed by atoms with Gasteiger partial charge in [-0.05, 0) is 150 Å². The summed E-state index contributed by atoms with van der Waals surface area (Å²) in [5.41, 5.74) is 11.5. The molecule has 428 valence electrons. The Morgan fingerprint density at radius 1 is 0.634 bits per heavy atom. The Bertz CT molecular complexity index is 3600. The number of alkyl halides is 8. The Kier molecular flexibility index (Phi) is 19.5. The summed E-state index contributed by atoms with van der Waals surface area (Å²) in [5.74, 6) is -1.43. The van der Waals surface area contributed by atoms with Crippen molar-refractivity contribution in [2.75, 3.05) is 37.6 Å². The van der Waals surface area contributed by atoms with Crippen LogP contribution < -0.4 is 27.4 Å². The summed E-state index contributed by atoms with van der Waals surface area (Å²) in [6.45, 7) is 1.54. The number of amides is 3. The van der Waals surface area contributed by atoms with Crippen molar-refractivity contribution in [1.82, 2.24) is 30.8 Å². The number of pyridine rings is 2. The fourth-order valence-electron chi connectivity index (χ4n) is 8.50. The second-order valence-corrected chi connectivity index (χ2v) is 18.6. The minimum absolute atomic E-state index is 0. The summed E-state index contributed by atoms with van der Waals surface area (Å²) in [7, 11) is 0. The number of carboxylic acid groups (broad SMARTS) is 1. The molecule has 0 aliphatic carbocycles. The summed E-state index contributed by atoms with van der Waals surface area (Å²) in [6, 6.07) is 26.1. The van der Waals surface area contributed by atoms with E-state index in [2.05, 4.69) is 25.9 Å². The maximum Gasteiger partial charge on any atom is 0.420 e. The number of nitrogens with two attached hydrogens (primary N) is 2. The number of nitrogens with one attached hydrogen (secondary N) is 3. The Labute approximate surface area is 468 Å². The molecule has 10 rings (SSSR count). The Balaban J connectivity index is 0.000000213. The number of carbonyl (C=O) groups excluding carboxylic acids is 3. The van der Waals surface area contributed by atoms with Crippen molar-refractivity contribution in [3.05, 3.63) is 179 Å². The van der Waals surface area contributed by atoms with E-state index in [-0.39, 0.29) is 88.1 Å². The third-order valence-corrected chi connectivity index (χ3v) is 12.6. The fraction of sp³-hybridized carbons (Fsp3) is 0.207. The molecule has 4 aromatic carbocycles. The van der Waals surface area contributed by atoms with Gasteiger partial charge in [0, 0.05) is 54.0 Å². The third kappa shape index (κ3) is 16.1. The van der Waals surface area contributed by atoms with Crippen LogP contribution in [0.4, 0.5) is 46.8 Å². The third-order valence-electron chi connectivity index (χ3n) is 12.6. The molecule has 2 saturated heterocycles. The standard InChI is InChI=1S/C29H24F4N4O3.C25H18F3N3O4.C4H8FN.ClH/c30-22-9-10-37(16-22)28(39)19-5-3-18(4-6-19)20-11-21-12-23(40-27(21)24(13-20)29(31,32)33)15-36-26(38)8-2-17-1-7-25(34)35-14-17;26-25(27,28)20-11-17(15-3-5-16(6-4-15)24(33)34)9-18-10-19(35-23(18)20)13-31-22(32)8-2-14-1-7-21(29)30-12-14;5-4-1-2-6-3-4;/h1-8,11-14,22H,9-10,15-16H2,(H2,34,35)(H,36,38);1-12H,13H2,(H2,29,30)(H,31,32)(H,33,34);4,6H,1-3H2;1H/b2*8-2+;;/t22-;;4-;/m0.0./s1. The Hall–Kier alpha value is -9.09. The molecule has 24 heteroatoms. The molecular formula is C58H51ClF8N8O7. The zero-order valence-corrected chi connectivity index (χ0v) is 43.8. The van der Waals surface area contributed by atoms with Crippen molar-refractivity contribution >= 4 is 81.8 Å². The van der Waals surface area contributed by atoms with Gasteiger partial charge in [0.05, 0.1) is 36.3 Å². The van der Waals surface area contributed by atoms with Crippen LogP contribution in [-0.4, -0.2) is 82.2 Å². The predicted octanol–water partition coefficient (Wildman–Crippen LogP) is 11.5. The normalized spacial score (nSPS) is 15.2. The molecule has 8 aromatic rings. The Morgan fingerprint density at radius 2 is 1.10 bits per heavy atom. The van der Waals surface area contributed by atoms with Gasteiger partial charge in [0.15, 0.2) is 0 Å². The lowest BCUT2D eigenvalue weighted by Gasteiger charge is -2.15. The minimum Gasteiger partial charge on any atom is -0.478 e. The first-order valence-corrected chi connectivity index (χ1v) is 24.9. The molecule has 15 nitrogen and oxygen atoms in total. The van der Waals surface area contributed by atoms with Crippen molar-refractivity contribution < 1.29 is 68.2 Å². The van der Waals surface area contributed by atoms with E-state index in [1.54, 1.807) is 42.5 Å². The Morgan fingerprint density at radius 3 is 1.45 bits per heavy atom. The lowest BCUT2D eigenvalue weighted by atomic mass is 9.99. The number of carbonyl (C=O) groups is 4. The van der Waals surface area contributed by atoms with Crippen molar-refractivity contribution in [2.45, 2.75) is 50.6 Å². The molecule has 0 bridgehead atoms. The van der Waals surface area contributed by atoms with E-state index in [9.17, 15) is 54.3 Å². The number of halogens is 9. The number of hydrogen-bond acceptors (Lipinski definition) is 11. The van der Waals surface area contributed by atoms with Gasteiger partial charge in [0.2, 0.25) is 11.8 Å². The second-order valence-electron chi connectivity index (χ2n) is 18.6. The van der Waals surface area contributed by atoms with Gasteiger partial charge in [-0.15, -0.1) is 12.4 Å². The van der Waals surface area contributed by atoms with Crippen LogP contribution in [0.3, 0.4) is 0 Å². The van der Waals surface area contributed by atoms with Crippen LogP contribution in [0.15, 0.2) is 143 Å². The average Bonchev–Trinajstić information content (AvgIpc) is 3.49. The van der Waals surface area contributed by atoms with Gasteiger partial charge in [0.1, 0.15) is 46.7 Å². The van der Waals surface area contributed by atoms with E-state index in [1.165, 1.54) is 96.2 Å². The van der Waals surface area contributed by atoms with Crippen molar-refractivity contribution in [1.29, 1.82) is 0 Å². The summed E-state index contributed by atoms with van der Waals surface area (Å²) in [5, 5.41) is 17.5. The van der Waals surface area contributed by atoms with E-state index in [0.717, 1.165) is 18.7 Å². The average molecular weight is 1160 g/mol. The number of fused-ring (bicyclic) bond motifs is 2. The molecule has 4 aromatic heterocycles. The quantitative estimate of drug-likeness (QED) is 0.0495. The number of hydrogen-bond donors (Lipinski definition) is 6. The van der Waals surface area contributed by atoms with Crippen molar-refractivity contribution in [3.8, 4) is 22.3 Å². The first kappa shape index (κ1) is 60.5. The molecule has 2 aliphatic rings. The summed E-state index contributed by atoms with van der Waals surface area (Å²) >= 11 is 0. The van der Waals surface area contributed by atoms with Crippen molar-refractivity contribution in [3.63, 3.8) is 0 Å². The van der Waals surface area contributed by atoms with Gasteiger partial charge in [-0.3, -0.25) is 14.4 Å². The highest BCUT2D eigenvalue weighted by Gasteiger charge is 2.37. The zero-order chi connectivity index (χ0) is 58.0. The number of anilines is 2. The first-order chi connectivity index (χ1) is 38.6. The van der Waals surface area contributed by atoms with Crippen LogP contribution in [-0.2, 0) is 35.0 Å². The number of carboxylic acids is 1. The molecule has 3 amide bonds. The number of benzene rings is 4. The van der Waals surface area contributed by atoms with Gasteiger partial charge in [-0.2, -0.15) is 26.3 Å². The lowest BCUT2D eigenvalue weighted by Crippen LogP contribution is -2.28. The van der Waals surface area contributed by atoms with Gasteiger partial charge < -0.3 is 46.3 Å². The highest BCUT2D eigenvalue weighted by atomic mass is 35.5. The number of likely N-dealkylation sites (tertiary alicyclic amines) is 1. The van der Waals surface area contributed by atoms with E-state index in [1.807, 2.05) is 0 Å². The van der Waals surface area contributed by atoms with Crippen LogP contribution >= 0.6 is 12.4 Å². The molecule has 0 unspecified atom stereocenters.